The van der Waals surface area contributed by atoms with Gasteiger partial charge in [0.25, 0.3) is 0 Å². The van der Waals surface area contributed by atoms with Crippen LogP contribution >= 0.6 is 0 Å². The summed E-state index contributed by atoms with van der Waals surface area (Å²) < 4.78 is 16.4. The Bertz CT molecular complexity index is 660. The lowest BCUT2D eigenvalue weighted by Crippen LogP contribution is -2.32. The zero-order chi connectivity index (χ0) is 17.5. The first-order valence-corrected chi connectivity index (χ1v) is 8.60. The topological polar surface area (TPSA) is 56.7 Å². The molecular formula is C19H25N3O3. The molecule has 0 spiro atoms. The molecule has 25 heavy (non-hydrogen) atoms. The van der Waals surface area contributed by atoms with Crippen molar-refractivity contribution in [3.05, 3.63) is 47.8 Å². The van der Waals surface area contributed by atoms with Gasteiger partial charge >= 0.3 is 0 Å². The van der Waals surface area contributed by atoms with Gasteiger partial charge in [-0.2, -0.15) is 4.98 Å². The van der Waals surface area contributed by atoms with Crippen molar-refractivity contribution in [3.63, 3.8) is 0 Å². The van der Waals surface area contributed by atoms with E-state index >= 15 is 0 Å². The summed E-state index contributed by atoms with van der Waals surface area (Å²) in [7, 11) is 3.25. The second-order valence-electron chi connectivity index (χ2n) is 6.12. The normalized spacial score (nSPS) is 16.8. The Morgan fingerprint density at radius 3 is 2.72 bits per heavy atom. The molecule has 6 heteroatoms. The molecule has 1 aromatic carbocycles. The predicted octanol–water partition coefficient (Wildman–Crippen LogP) is 2.82. The molecule has 2 heterocycles. The largest absolute Gasteiger partial charge is 0.481 e. The number of aromatic nitrogens is 2. The van der Waals surface area contributed by atoms with E-state index in [0.29, 0.717) is 18.3 Å². The van der Waals surface area contributed by atoms with Crippen LogP contribution in [0, 0.1) is 0 Å². The fourth-order valence-electron chi connectivity index (χ4n) is 3.00. The summed E-state index contributed by atoms with van der Waals surface area (Å²) in [5, 5.41) is 0. The predicted molar refractivity (Wildman–Crippen MR) is 95.8 cm³/mol. The number of hydrogen-bond donors (Lipinski definition) is 0. The van der Waals surface area contributed by atoms with E-state index in [1.54, 1.807) is 14.2 Å². The first kappa shape index (κ1) is 17.6. The number of methoxy groups -OCH3 is 2. The summed E-state index contributed by atoms with van der Waals surface area (Å²) in [6.07, 6.45) is 2.43. The van der Waals surface area contributed by atoms with Crippen molar-refractivity contribution in [2.24, 2.45) is 0 Å². The van der Waals surface area contributed by atoms with Gasteiger partial charge in [-0.3, -0.25) is 0 Å². The van der Waals surface area contributed by atoms with Crippen LogP contribution in [0.5, 0.6) is 5.88 Å². The molecule has 134 valence electrons. The van der Waals surface area contributed by atoms with Crippen molar-refractivity contribution >= 4 is 5.82 Å². The standard InChI is InChI=1S/C19H25N3O3/c1-23-14-17-20-18(11-19(21-17)24-2)22(13-16-9-6-10-25-16)12-15-7-4-3-5-8-15/h3-5,7-8,11,16H,6,9-10,12-14H2,1-2H3/t16-/m0/s1. The van der Waals surface area contributed by atoms with Gasteiger partial charge in [0.15, 0.2) is 5.82 Å². The third kappa shape index (κ3) is 4.90. The van der Waals surface area contributed by atoms with Crippen LogP contribution < -0.4 is 9.64 Å². The molecule has 1 aliphatic rings. The Labute approximate surface area is 148 Å². The van der Waals surface area contributed by atoms with Crippen LogP contribution in [-0.2, 0) is 22.6 Å². The molecule has 1 aliphatic heterocycles. The highest BCUT2D eigenvalue weighted by atomic mass is 16.5. The Morgan fingerprint density at radius 1 is 1.20 bits per heavy atom. The van der Waals surface area contributed by atoms with E-state index in [4.69, 9.17) is 14.2 Å². The summed E-state index contributed by atoms with van der Waals surface area (Å²) in [6.45, 7) is 2.74. The molecule has 0 saturated carbocycles. The lowest BCUT2D eigenvalue weighted by Gasteiger charge is -2.27. The second kappa shape index (κ2) is 8.78. The van der Waals surface area contributed by atoms with Gasteiger partial charge in [-0.15, -0.1) is 0 Å². The molecular weight excluding hydrogens is 318 g/mol. The molecule has 1 fully saturated rings. The van der Waals surface area contributed by atoms with E-state index in [-0.39, 0.29) is 6.10 Å². The molecule has 1 saturated heterocycles. The average molecular weight is 343 g/mol. The summed E-state index contributed by atoms with van der Waals surface area (Å²) in [5.74, 6) is 1.99. The Balaban J connectivity index is 1.87. The van der Waals surface area contributed by atoms with Crippen LogP contribution in [-0.4, -0.2) is 43.4 Å². The SMILES string of the molecule is COCc1nc(OC)cc(N(Cc2ccccc2)C[C@@H]2CCCO2)n1. The number of rotatable bonds is 8. The first-order chi connectivity index (χ1) is 12.3. The van der Waals surface area contributed by atoms with Crippen molar-refractivity contribution < 1.29 is 14.2 Å². The highest BCUT2D eigenvalue weighted by Gasteiger charge is 2.21. The Kier molecular flexibility index (Phi) is 6.19. The highest BCUT2D eigenvalue weighted by Crippen LogP contribution is 2.23. The molecule has 0 bridgehead atoms. The zero-order valence-electron chi connectivity index (χ0n) is 14.9. The van der Waals surface area contributed by atoms with E-state index < -0.39 is 0 Å². The number of nitrogens with zero attached hydrogens (tertiary/aromatic N) is 3. The van der Waals surface area contributed by atoms with Gasteiger partial charge < -0.3 is 19.1 Å². The molecule has 0 radical (unpaired) electrons. The van der Waals surface area contributed by atoms with Crippen molar-refractivity contribution in [1.29, 1.82) is 0 Å². The summed E-state index contributed by atoms with van der Waals surface area (Å²) in [5.41, 5.74) is 1.23. The summed E-state index contributed by atoms with van der Waals surface area (Å²) in [4.78, 5) is 11.2. The fourth-order valence-corrected chi connectivity index (χ4v) is 3.00. The monoisotopic (exact) mass is 343 g/mol. The molecule has 3 rings (SSSR count). The summed E-state index contributed by atoms with van der Waals surface area (Å²) >= 11 is 0. The summed E-state index contributed by atoms with van der Waals surface area (Å²) in [6, 6.07) is 12.2. The molecule has 0 aliphatic carbocycles. The van der Waals surface area contributed by atoms with Crippen molar-refractivity contribution in [2.75, 3.05) is 32.3 Å². The van der Waals surface area contributed by atoms with Crippen LogP contribution in [0.2, 0.25) is 0 Å². The van der Waals surface area contributed by atoms with Crippen LogP contribution in [0.25, 0.3) is 0 Å². The number of ether oxygens (including phenoxy) is 3. The Hall–Kier alpha value is -2.18. The fraction of sp³-hybridized carbons (Fsp3) is 0.474. The van der Waals surface area contributed by atoms with Crippen molar-refractivity contribution in [3.8, 4) is 5.88 Å². The van der Waals surface area contributed by atoms with E-state index in [1.165, 1.54) is 5.56 Å². The van der Waals surface area contributed by atoms with Crippen LogP contribution in [0.3, 0.4) is 0 Å². The zero-order valence-corrected chi connectivity index (χ0v) is 14.9. The van der Waals surface area contributed by atoms with E-state index in [1.807, 2.05) is 12.1 Å². The molecule has 2 aromatic rings. The first-order valence-electron chi connectivity index (χ1n) is 8.60. The third-order valence-corrected chi connectivity index (χ3v) is 4.21. The van der Waals surface area contributed by atoms with Gasteiger partial charge in [0, 0.05) is 32.9 Å². The lowest BCUT2D eigenvalue weighted by molar-refractivity contribution is 0.115. The van der Waals surface area contributed by atoms with Crippen LogP contribution in [0.15, 0.2) is 36.4 Å². The number of hydrogen-bond acceptors (Lipinski definition) is 6. The maximum absolute atomic E-state index is 5.84. The van der Waals surface area contributed by atoms with E-state index in [9.17, 15) is 0 Å². The minimum absolute atomic E-state index is 0.232. The molecule has 1 aromatic heterocycles. The number of benzene rings is 1. The molecule has 0 N–H and O–H groups in total. The lowest BCUT2D eigenvalue weighted by atomic mass is 10.2. The highest BCUT2D eigenvalue weighted by molar-refractivity contribution is 5.43. The van der Waals surface area contributed by atoms with Gasteiger partial charge in [-0.25, -0.2) is 4.98 Å². The smallest absolute Gasteiger partial charge is 0.218 e. The van der Waals surface area contributed by atoms with Gasteiger partial charge in [0.05, 0.1) is 13.2 Å². The molecule has 1 atom stereocenters. The van der Waals surface area contributed by atoms with E-state index in [0.717, 1.165) is 38.4 Å². The quantitative estimate of drug-likeness (QED) is 0.735. The van der Waals surface area contributed by atoms with Gasteiger partial charge in [0.2, 0.25) is 5.88 Å². The van der Waals surface area contributed by atoms with Gasteiger partial charge in [-0.1, -0.05) is 30.3 Å². The molecule has 6 nitrogen and oxygen atoms in total. The molecule has 0 unspecified atom stereocenters. The minimum Gasteiger partial charge on any atom is -0.481 e. The maximum Gasteiger partial charge on any atom is 0.218 e. The maximum atomic E-state index is 5.84. The van der Waals surface area contributed by atoms with Crippen LogP contribution in [0.1, 0.15) is 24.2 Å². The van der Waals surface area contributed by atoms with Crippen LogP contribution in [0.4, 0.5) is 5.82 Å². The minimum atomic E-state index is 0.232. The number of anilines is 1. The van der Waals surface area contributed by atoms with Crippen molar-refractivity contribution in [2.45, 2.75) is 32.1 Å². The third-order valence-electron chi connectivity index (χ3n) is 4.21. The second-order valence-corrected chi connectivity index (χ2v) is 6.12. The molecule has 0 amide bonds. The Morgan fingerprint density at radius 2 is 2.04 bits per heavy atom. The van der Waals surface area contributed by atoms with Gasteiger partial charge in [-0.05, 0) is 18.4 Å². The van der Waals surface area contributed by atoms with E-state index in [2.05, 4.69) is 39.1 Å². The van der Waals surface area contributed by atoms with Gasteiger partial charge in [0.1, 0.15) is 12.4 Å². The average Bonchev–Trinajstić information content (AvgIpc) is 3.15. The van der Waals surface area contributed by atoms with Crippen molar-refractivity contribution in [1.82, 2.24) is 9.97 Å².